The van der Waals surface area contributed by atoms with E-state index in [1.807, 2.05) is 11.8 Å². The van der Waals surface area contributed by atoms with E-state index >= 15 is 0 Å². The Hall–Kier alpha value is -0.260. The number of nitrogens with one attached hydrogen (secondary N) is 1. The van der Waals surface area contributed by atoms with Gasteiger partial charge in [0.1, 0.15) is 0 Å². The highest BCUT2D eigenvalue weighted by atomic mass is 32.2. The SMILES string of the molecule is CSCC(C)N(C)CCCCCC(=O)NN. The van der Waals surface area contributed by atoms with Gasteiger partial charge in [0.15, 0.2) is 0 Å². The van der Waals surface area contributed by atoms with Gasteiger partial charge in [0, 0.05) is 18.2 Å². The van der Waals surface area contributed by atoms with Gasteiger partial charge in [0.25, 0.3) is 0 Å². The normalized spacial score (nSPS) is 12.8. The molecule has 0 aliphatic carbocycles. The molecular formula is C11H25N3OS. The Kier molecular flexibility index (Phi) is 9.77. The summed E-state index contributed by atoms with van der Waals surface area (Å²) in [5, 5.41) is 0. The molecule has 16 heavy (non-hydrogen) atoms. The van der Waals surface area contributed by atoms with Crippen LogP contribution in [0.3, 0.4) is 0 Å². The molecule has 1 unspecified atom stereocenters. The summed E-state index contributed by atoms with van der Waals surface area (Å²) in [6.45, 7) is 3.35. The fraction of sp³-hybridized carbons (Fsp3) is 0.909. The number of carbonyl (C=O) groups is 1. The predicted molar refractivity (Wildman–Crippen MR) is 71.3 cm³/mol. The maximum atomic E-state index is 10.9. The summed E-state index contributed by atoms with van der Waals surface area (Å²) >= 11 is 1.88. The molecule has 5 heteroatoms. The predicted octanol–water partition coefficient (Wildman–Crippen LogP) is 1.22. The van der Waals surface area contributed by atoms with Crippen LogP contribution in [0.15, 0.2) is 0 Å². The second-order valence-corrected chi connectivity index (χ2v) is 5.07. The van der Waals surface area contributed by atoms with Crippen LogP contribution in [0.4, 0.5) is 0 Å². The van der Waals surface area contributed by atoms with Gasteiger partial charge in [-0.15, -0.1) is 0 Å². The zero-order valence-electron chi connectivity index (χ0n) is 10.7. The molecule has 0 bridgehead atoms. The zero-order valence-corrected chi connectivity index (χ0v) is 11.5. The Morgan fingerprint density at radius 3 is 2.69 bits per heavy atom. The van der Waals surface area contributed by atoms with Crippen LogP contribution >= 0.6 is 11.8 Å². The van der Waals surface area contributed by atoms with Crippen molar-refractivity contribution in [3.63, 3.8) is 0 Å². The van der Waals surface area contributed by atoms with Crippen molar-refractivity contribution in [1.82, 2.24) is 10.3 Å². The summed E-state index contributed by atoms with van der Waals surface area (Å²) in [6, 6.07) is 0.627. The third-order valence-corrected chi connectivity index (χ3v) is 3.55. The Labute approximate surface area is 103 Å². The van der Waals surface area contributed by atoms with Crippen LogP contribution in [0.1, 0.15) is 32.6 Å². The van der Waals surface area contributed by atoms with E-state index in [-0.39, 0.29) is 5.91 Å². The molecule has 0 heterocycles. The number of nitrogens with zero attached hydrogens (tertiary/aromatic N) is 1. The molecule has 0 radical (unpaired) electrons. The molecule has 0 fully saturated rings. The number of unbranched alkanes of at least 4 members (excludes halogenated alkanes) is 2. The molecule has 1 amide bonds. The van der Waals surface area contributed by atoms with Crippen molar-refractivity contribution in [2.45, 2.75) is 38.6 Å². The largest absolute Gasteiger partial charge is 0.303 e. The van der Waals surface area contributed by atoms with Crippen LogP contribution < -0.4 is 11.3 Å². The highest BCUT2D eigenvalue weighted by Crippen LogP contribution is 2.06. The van der Waals surface area contributed by atoms with Crippen LogP contribution in [0.5, 0.6) is 0 Å². The maximum Gasteiger partial charge on any atom is 0.233 e. The zero-order chi connectivity index (χ0) is 12.4. The van der Waals surface area contributed by atoms with Gasteiger partial charge in [-0.3, -0.25) is 10.2 Å². The Morgan fingerprint density at radius 2 is 2.12 bits per heavy atom. The summed E-state index contributed by atoms with van der Waals surface area (Å²) in [5.41, 5.74) is 2.15. The molecular weight excluding hydrogens is 222 g/mol. The molecule has 1 atom stereocenters. The molecule has 3 N–H and O–H groups in total. The minimum atomic E-state index is -0.0656. The van der Waals surface area contributed by atoms with Gasteiger partial charge in [-0.25, -0.2) is 5.84 Å². The summed E-state index contributed by atoms with van der Waals surface area (Å²) in [5.74, 6) is 6.11. The number of hydrazine groups is 1. The fourth-order valence-corrected chi connectivity index (χ4v) is 2.22. The molecule has 96 valence electrons. The van der Waals surface area contributed by atoms with Crippen molar-refractivity contribution in [3.8, 4) is 0 Å². The van der Waals surface area contributed by atoms with E-state index in [0.29, 0.717) is 12.5 Å². The Morgan fingerprint density at radius 1 is 1.44 bits per heavy atom. The van der Waals surface area contributed by atoms with Gasteiger partial charge in [0.05, 0.1) is 0 Å². The van der Waals surface area contributed by atoms with Crippen molar-refractivity contribution < 1.29 is 4.79 Å². The first-order valence-corrected chi connectivity index (χ1v) is 7.19. The van der Waals surface area contributed by atoms with E-state index in [1.165, 1.54) is 5.75 Å². The maximum absolute atomic E-state index is 10.9. The lowest BCUT2D eigenvalue weighted by Crippen LogP contribution is -2.32. The summed E-state index contributed by atoms with van der Waals surface area (Å²) in [6.07, 6.45) is 5.83. The average molecular weight is 247 g/mol. The van der Waals surface area contributed by atoms with E-state index in [4.69, 9.17) is 5.84 Å². The summed E-state index contributed by atoms with van der Waals surface area (Å²) in [4.78, 5) is 13.2. The minimum absolute atomic E-state index is 0.0656. The number of thioether (sulfide) groups is 1. The fourth-order valence-electron chi connectivity index (χ4n) is 1.48. The first-order chi connectivity index (χ1) is 7.61. The number of hydrogen-bond donors (Lipinski definition) is 2. The van der Waals surface area contributed by atoms with Crippen LogP contribution in [0.25, 0.3) is 0 Å². The molecule has 0 aromatic carbocycles. The van der Waals surface area contributed by atoms with Crippen molar-refractivity contribution in [1.29, 1.82) is 0 Å². The number of amides is 1. The van der Waals surface area contributed by atoms with Crippen LogP contribution in [0, 0.1) is 0 Å². The molecule has 0 rings (SSSR count). The molecule has 0 spiro atoms. The van der Waals surface area contributed by atoms with Gasteiger partial charge in [0.2, 0.25) is 5.91 Å². The number of carbonyl (C=O) groups excluding carboxylic acids is 1. The molecule has 0 saturated heterocycles. The summed E-state index contributed by atoms with van der Waals surface area (Å²) < 4.78 is 0. The molecule has 0 aliphatic rings. The molecule has 0 aliphatic heterocycles. The van der Waals surface area contributed by atoms with Crippen LogP contribution in [-0.2, 0) is 4.79 Å². The Bertz CT molecular complexity index is 190. The number of hydrogen-bond acceptors (Lipinski definition) is 4. The van der Waals surface area contributed by atoms with E-state index in [0.717, 1.165) is 25.8 Å². The lowest BCUT2D eigenvalue weighted by molar-refractivity contribution is -0.121. The number of rotatable bonds is 9. The smallest absolute Gasteiger partial charge is 0.233 e. The van der Waals surface area contributed by atoms with E-state index in [9.17, 15) is 4.79 Å². The van der Waals surface area contributed by atoms with Gasteiger partial charge in [-0.05, 0) is 39.6 Å². The van der Waals surface area contributed by atoms with Crippen LogP contribution in [-0.4, -0.2) is 42.4 Å². The molecule has 4 nitrogen and oxygen atoms in total. The van der Waals surface area contributed by atoms with Gasteiger partial charge >= 0.3 is 0 Å². The van der Waals surface area contributed by atoms with Crippen molar-refractivity contribution >= 4 is 17.7 Å². The average Bonchev–Trinajstić information content (AvgIpc) is 2.28. The van der Waals surface area contributed by atoms with Crippen molar-refractivity contribution in [2.75, 3.05) is 25.6 Å². The lowest BCUT2D eigenvalue weighted by Gasteiger charge is -2.23. The first kappa shape index (κ1) is 15.7. The van der Waals surface area contributed by atoms with Gasteiger partial charge < -0.3 is 4.90 Å². The van der Waals surface area contributed by atoms with Crippen molar-refractivity contribution in [3.05, 3.63) is 0 Å². The van der Waals surface area contributed by atoms with Crippen molar-refractivity contribution in [2.24, 2.45) is 5.84 Å². The minimum Gasteiger partial charge on any atom is -0.303 e. The number of nitrogens with two attached hydrogens (primary N) is 1. The van der Waals surface area contributed by atoms with Gasteiger partial charge in [-0.2, -0.15) is 11.8 Å². The molecule has 0 aromatic rings. The van der Waals surface area contributed by atoms with E-state index in [2.05, 4.69) is 30.6 Å². The third kappa shape index (κ3) is 7.96. The van der Waals surface area contributed by atoms with E-state index in [1.54, 1.807) is 0 Å². The summed E-state index contributed by atoms with van der Waals surface area (Å²) in [7, 11) is 2.16. The second-order valence-electron chi connectivity index (χ2n) is 4.16. The third-order valence-electron chi connectivity index (χ3n) is 2.74. The molecule has 0 saturated carbocycles. The molecule has 0 aromatic heterocycles. The topological polar surface area (TPSA) is 58.4 Å². The monoisotopic (exact) mass is 247 g/mol. The second kappa shape index (κ2) is 9.93. The van der Waals surface area contributed by atoms with Crippen LogP contribution in [0.2, 0.25) is 0 Å². The first-order valence-electron chi connectivity index (χ1n) is 5.80. The Balaban J connectivity index is 3.40. The highest BCUT2D eigenvalue weighted by molar-refractivity contribution is 7.98. The highest BCUT2D eigenvalue weighted by Gasteiger charge is 2.07. The van der Waals surface area contributed by atoms with E-state index < -0.39 is 0 Å². The standard InChI is InChI=1S/C11H25N3OS/c1-10(9-16-3)14(2)8-6-4-5-7-11(15)13-12/h10H,4-9,12H2,1-3H3,(H,13,15). The lowest BCUT2D eigenvalue weighted by atomic mass is 10.2. The van der Waals surface area contributed by atoms with Gasteiger partial charge in [-0.1, -0.05) is 6.42 Å². The quantitative estimate of drug-likeness (QED) is 0.278.